The topological polar surface area (TPSA) is 15.8 Å². The van der Waals surface area contributed by atoms with E-state index >= 15 is 0 Å². The highest BCUT2D eigenvalue weighted by Crippen LogP contribution is 2.37. The van der Waals surface area contributed by atoms with Crippen LogP contribution in [0.1, 0.15) is 49.7 Å². The standard InChI is InChI=1S/C10H15N/c1-7-3-4-8(2)10-6-11-5-9(7)10/h5-8,11H,3-4H2,1-2H3. The molecule has 1 heterocycles. The molecule has 1 aromatic rings. The molecular weight excluding hydrogens is 134 g/mol. The highest BCUT2D eigenvalue weighted by molar-refractivity contribution is 5.32. The maximum absolute atomic E-state index is 3.20. The number of aromatic nitrogens is 1. The van der Waals surface area contributed by atoms with Crippen LogP contribution in [-0.4, -0.2) is 4.98 Å². The Balaban J connectivity index is 2.43. The van der Waals surface area contributed by atoms with Gasteiger partial charge in [0.1, 0.15) is 0 Å². The Hall–Kier alpha value is -0.720. The summed E-state index contributed by atoms with van der Waals surface area (Å²) in [6.45, 7) is 4.64. The van der Waals surface area contributed by atoms with Gasteiger partial charge in [-0.3, -0.25) is 0 Å². The quantitative estimate of drug-likeness (QED) is 0.583. The predicted molar refractivity (Wildman–Crippen MR) is 46.9 cm³/mol. The van der Waals surface area contributed by atoms with Gasteiger partial charge in [0.15, 0.2) is 0 Å². The summed E-state index contributed by atoms with van der Waals surface area (Å²) in [4.78, 5) is 3.20. The molecule has 0 fully saturated rings. The van der Waals surface area contributed by atoms with E-state index in [9.17, 15) is 0 Å². The van der Waals surface area contributed by atoms with Gasteiger partial charge in [-0.05, 0) is 35.8 Å². The van der Waals surface area contributed by atoms with Crippen LogP contribution in [0.25, 0.3) is 0 Å². The zero-order chi connectivity index (χ0) is 7.84. The summed E-state index contributed by atoms with van der Waals surface area (Å²) >= 11 is 0. The van der Waals surface area contributed by atoms with Gasteiger partial charge in [0, 0.05) is 12.4 Å². The first kappa shape index (κ1) is 6.96. The lowest BCUT2D eigenvalue weighted by molar-refractivity contribution is 0.530. The van der Waals surface area contributed by atoms with E-state index < -0.39 is 0 Å². The third-order valence-electron chi connectivity index (χ3n) is 2.91. The Bertz CT molecular complexity index is 225. The molecule has 1 nitrogen and oxygen atoms in total. The Morgan fingerprint density at radius 1 is 1.09 bits per heavy atom. The van der Waals surface area contributed by atoms with Gasteiger partial charge in [0.2, 0.25) is 0 Å². The Morgan fingerprint density at radius 2 is 1.55 bits per heavy atom. The molecule has 1 heteroatoms. The maximum Gasteiger partial charge on any atom is 0.00430 e. The fourth-order valence-corrected chi connectivity index (χ4v) is 2.05. The van der Waals surface area contributed by atoms with E-state index in [-0.39, 0.29) is 0 Å². The number of H-pyrrole nitrogens is 1. The fourth-order valence-electron chi connectivity index (χ4n) is 2.05. The van der Waals surface area contributed by atoms with Gasteiger partial charge in [0.05, 0.1) is 0 Å². The molecule has 1 aliphatic rings. The molecule has 0 radical (unpaired) electrons. The lowest BCUT2D eigenvalue weighted by Gasteiger charge is -2.23. The summed E-state index contributed by atoms with van der Waals surface area (Å²) in [6.07, 6.45) is 7.03. The van der Waals surface area contributed by atoms with Crippen molar-refractivity contribution in [1.82, 2.24) is 4.98 Å². The summed E-state index contributed by atoms with van der Waals surface area (Å²) in [6, 6.07) is 0. The normalized spacial score (nSPS) is 30.0. The number of hydrogen-bond acceptors (Lipinski definition) is 0. The molecule has 0 aliphatic heterocycles. The molecule has 0 saturated carbocycles. The molecule has 2 rings (SSSR count). The summed E-state index contributed by atoms with van der Waals surface area (Å²) in [5.41, 5.74) is 3.09. The number of rotatable bonds is 0. The molecule has 1 N–H and O–H groups in total. The second-order valence-corrected chi connectivity index (χ2v) is 3.75. The van der Waals surface area contributed by atoms with E-state index in [1.807, 2.05) is 0 Å². The minimum atomic E-state index is 0.771. The van der Waals surface area contributed by atoms with Crippen molar-refractivity contribution in [3.8, 4) is 0 Å². The summed E-state index contributed by atoms with van der Waals surface area (Å²) in [5, 5.41) is 0. The van der Waals surface area contributed by atoms with Crippen molar-refractivity contribution >= 4 is 0 Å². The SMILES string of the molecule is CC1CCC(C)c2c[nH]cc21. The monoisotopic (exact) mass is 149 g/mol. The number of fused-ring (bicyclic) bond motifs is 1. The van der Waals surface area contributed by atoms with Crippen LogP contribution >= 0.6 is 0 Å². The number of aromatic amines is 1. The smallest absolute Gasteiger partial charge is 0.00430 e. The van der Waals surface area contributed by atoms with Crippen LogP contribution in [-0.2, 0) is 0 Å². The number of hydrogen-bond donors (Lipinski definition) is 1. The van der Waals surface area contributed by atoms with E-state index in [0.29, 0.717) is 0 Å². The molecule has 0 aromatic carbocycles. The Labute approximate surface area is 67.8 Å². The largest absolute Gasteiger partial charge is 0.367 e. The summed E-state index contributed by atoms with van der Waals surface area (Å²) in [5.74, 6) is 1.54. The fraction of sp³-hybridized carbons (Fsp3) is 0.600. The van der Waals surface area contributed by atoms with Crippen molar-refractivity contribution in [2.75, 3.05) is 0 Å². The lowest BCUT2D eigenvalue weighted by Crippen LogP contribution is -2.07. The van der Waals surface area contributed by atoms with E-state index in [0.717, 1.165) is 11.8 Å². The van der Waals surface area contributed by atoms with Crippen LogP contribution in [0.15, 0.2) is 12.4 Å². The van der Waals surface area contributed by atoms with Gasteiger partial charge >= 0.3 is 0 Å². The van der Waals surface area contributed by atoms with Crippen LogP contribution in [0.5, 0.6) is 0 Å². The zero-order valence-corrected chi connectivity index (χ0v) is 7.22. The molecule has 0 amide bonds. The molecule has 60 valence electrons. The van der Waals surface area contributed by atoms with Gasteiger partial charge < -0.3 is 4.98 Å². The van der Waals surface area contributed by atoms with Crippen molar-refractivity contribution in [3.63, 3.8) is 0 Å². The predicted octanol–water partition coefficient (Wildman–Crippen LogP) is 3.02. The van der Waals surface area contributed by atoms with E-state index in [1.54, 1.807) is 11.1 Å². The average Bonchev–Trinajstić information content (AvgIpc) is 2.45. The highest BCUT2D eigenvalue weighted by Gasteiger charge is 2.21. The van der Waals surface area contributed by atoms with Crippen LogP contribution in [0.2, 0.25) is 0 Å². The zero-order valence-electron chi connectivity index (χ0n) is 7.22. The molecule has 2 atom stereocenters. The van der Waals surface area contributed by atoms with Crippen molar-refractivity contribution in [2.45, 2.75) is 38.5 Å². The van der Waals surface area contributed by atoms with Crippen LogP contribution in [0.3, 0.4) is 0 Å². The van der Waals surface area contributed by atoms with Gasteiger partial charge in [-0.1, -0.05) is 13.8 Å². The van der Waals surface area contributed by atoms with E-state index in [1.165, 1.54) is 12.8 Å². The highest BCUT2D eigenvalue weighted by atomic mass is 14.6. The van der Waals surface area contributed by atoms with Crippen LogP contribution in [0.4, 0.5) is 0 Å². The van der Waals surface area contributed by atoms with Crippen molar-refractivity contribution in [1.29, 1.82) is 0 Å². The molecular formula is C10H15N. The van der Waals surface area contributed by atoms with Crippen molar-refractivity contribution in [3.05, 3.63) is 23.5 Å². The first-order chi connectivity index (χ1) is 5.29. The minimum Gasteiger partial charge on any atom is -0.367 e. The van der Waals surface area contributed by atoms with Crippen LogP contribution in [0, 0.1) is 0 Å². The average molecular weight is 149 g/mol. The second kappa shape index (κ2) is 2.40. The van der Waals surface area contributed by atoms with Gasteiger partial charge in [-0.2, -0.15) is 0 Å². The second-order valence-electron chi connectivity index (χ2n) is 3.75. The Morgan fingerprint density at radius 3 is 2.00 bits per heavy atom. The van der Waals surface area contributed by atoms with Gasteiger partial charge in [0.25, 0.3) is 0 Å². The molecule has 1 aromatic heterocycles. The van der Waals surface area contributed by atoms with Gasteiger partial charge in [-0.25, -0.2) is 0 Å². The molecule has 11 heavy (non-hydrogen) atoms. The minimum absolute atomic E-state index is 0.771. The summed E-state index contributed by atoms with van der Waals surface area (Å²) in [7, 11) is 0. The molecule has 2 unspecified atom stereocenters. The molecule has 1 aliphatic carbocycles. The lowest BCUT2D eigenvalue weighted by atomic mass is 9.81. The first-order valence-corrected chi connectivity index (χ1v) is 4.45. The maximum atomic E-state index is 3.20. The van der Waals surface area contributed by atoms with Crippen molar-refractivity contribution in [2.24, 2.45) is 0 Å². The molecule has 0 bridgehead atoms. The third-order valence-corrected chi connectivity index (χ3v) is 2.91. The van der Waals surface area contributed by atoms with Crippen LogP contribution < -0.4 is 0 Å². The van der Waals surface area contributed by atoms with E-state index in [2.05, 4.69) is 31.2 Å². The third kappa shape index (κ3) is 0.991. The summed E-state index contributed by atoms with van der Waals surface area (Å²) < 4.78 is 0. The molecule has 0 saturated heterocycles. The Kier molecular flexibility index (Phi) is 1.52. The van der Waals surface area contributed by atoms with Crippen molar-refractivity contribution < 1.29 is 0 Å². The molecule has 0 spiro atoms. The van der Waals surface area contributed by atoms with Gasteiger partial charge in [-0.15, -0.1) is 0 Å². The first-order valence-electron chi connectivity index (χ1n) is 4.45. The van der Waals surface area contributed by atoms with E-state index in [4.69, 9.17) is 0 Å². The number of nitrogens with one attached hydrogen (secondary N) is 1.